The smallest absolute Gasteiger partial charge is 0.293 e. The summed E-state index contributed by atoms with van der Waals surface area (Å²) >= 11 is 0. The number of nitro benzene ring substituents is 1. The molecule has 0 aliphatic rings. The fourth-order valence-corrected chi connectivity index (χ4v) is 4.88. The lowest BCUT2D eigenvalue weighted by molar-refractivity contribution is -0.384. The number of hydrogen-bond acceptors (Lipinski definition) is 6. The van der Waals surface area contributed by atoms with Gasteiger partial charge in [0, 0.05) is 30.9 Å². The molecule has 0 atom stereocenters. The molecule has 0 heterocycles. The normalized spacial score (nSPS) is 10.9. The van der Waals surface area contributed by atoms with Crippen LogP contribution in [0, 0.1) is 10.1 Å². The van der Waals surface area contributed by atoms with E-state index in [2.05, 4.69) is 10.6 Å². The minimum Gasteiger partial charge on any atom is -0.375 e. The molecule has 0 radical (unpaired) electrons. The third-order valence-electron chi connectivity index (χ3n) is 5.65. The Labute approximate surface area is 214 Å². The topological polar surface area (TPSA) is 122 Å². The number of hydrogen-bond donors (Lipinski definition) is 2. The van der Waals surface area contributed by atoms with Crippen LogP contribution in [0.3, 0.4) is 0 Å². The lowest BCUT2D eigenvalue weighted by Gasteiger charge is -2.20. The number of sulfonamides is 1. The third kappa shape index (κ3) is 5.93. The van der Waals surface area contributed by atoms with E-state index in [1.54, 1.807) is 36.4 Å². The summed E-state index contributed by atoms with van der Waals surface area (Å²) in [5.41, 5.74) is 1.77. The Kier molecular flexibility index (Phi) is 7.49. The first-order chi connectivity index (χ1) is 17.8. The molecule has 0 saturated heterocycles. The number of nitro groups is 1. The molecule has 4 rings (SSSR count). The molecular formula is C27H24N4O5S. The molecule has 0 bridgehead atoms. The van der Waals surface area contributed by atoms with Crippen molar-refractivity contribution in [2.45, 2.75) is 11.4 Å². The number of anilines is 3. The number of amides is 1. The Morgan fingerprint density at radius 1 is 0.892 bits per heavy atom. The highest BCUT2D eigenvalue weighted by molar-refractivity contribution is 7.92. The second-order valence-electron chi connectivity index (χ2n) is 8.12. The van der Waals surface area contributed by atoms with Gasteiger partial charge in [0.1, 0.15) is 5.69 Å². The molecule has 0 unspecified atom stereocenters. The van der Waals surface area contributed by atoms with E-state index in [-0.39, 0.29) is 27.5 Å². The van der Waals surface area contributed by atoms with Crippen molar-refractivity contribution in [1.29, 1.82) is 0 Å². The van der Waals surface area contributed by atoms with Crippen molar-refractivity contribution in [1.82, 2.24) is 0 Å². The standard InChI is InChI=1S/C27H24N4O5S/c1-30(23-12-6-3-7-13-23)37(35,36)24-14-8-11-22(18-24)29-27(32)21-15-16-25(26(17-21)31(33)34)28-19-20-9-4-2-5-10-20/h2-18,28H,19H2,1H3,(H,29,32). The van der Waals surface area contributed by atoms with E-state index < -0.39 is 20.9 Å². The number of nitrogens with zero attached hydrogens (tertiary/aromatic N) is 2. The molecule has 10 heteroatoms. The van der Waals surface area contributed by atoms with Crippen LogP contribution in [0.5, 0.6) is 0 Å². The number of rotatable bonds is 9. The Morgan fingerprint density at radius 2 is 1.57 bits per heavy atom. The first kappa shape index (κ1) is 25.4. The van der Waals surface area contributed by atoms with Crippen molar-refractivity contribution in [3.8, 4) is 0 Å². The van der Waals surface area contributed by atoms with Crippen LogP contribution < -0.4 is 14.9 Å². The van der Waals surface area contributed by atoms with Crippen molar-refractivity contribution < 1.29 is 18.1 Å². The maximum absolute atomic E-state index is 13.1. The fraction of sp³-hybridized carbons (Fsp3) is 0.0741. The van der Waals surface area contributed by atoms with E-state index in [9.17, 15) is 23.3 Å². The van der Waals surface area contributed by atoms with Gasteiger partial charge in [0.2, 0.25) is 0 Å². The van der Waals surface area contributed by atoms with E-state index in [1.807, 2.05) is 30.3 Å². The van der Waals surface area contributed by atoms with Crippen molar-refractivity contribution in [2.24, 2.45) is 0 Å². The van der Waals surface area contributed by atoms with Gasteiger partial charge in [-0.25, -0.2) is 8.42 Å². The maximum atomic E-state index is 13.1. The summed E-state index contributed by atoms with van der Waals surface area (Å²) in [7, 11) is -2.44. The van der Waals surface area contributed by atoms with Crippen molar-refractivity contribution >= 4 is 38.7 Å². The molecule has 1 amide bonds. The molecule has 9 nitrogen and oxygen atoms in total. The van der Waals surface area contributed by atoms with Crippen LogP contribution in [-0.2, 0) is 16.6 Å². The molecule has 0 saturated carbocycles. The van der Waals surface area contributed by atoms with Crippen LogP contribution in [-0.4, -0.2) is 26.3 Å². The van der Waals surface area contributed by atoms with Gasteiger partial charge in [-0.3, -0.25) is 19.2 Å². The first-order valence-electron chi connectivity index (χ1n) is 11.3. The van der Waals surface area contributed by atoms with Crippen LogP contribution in [0.15, 0.2) is 108 Å². The van der Waals surface area contributed by atoms with Crippen LogP contribution >= 0.6 is 0 Å². The van der Waals surface area contributed by atoms with Crippen LogP contribution in [0.2, 0.25) is 0 Å². The highest BCUT2D eigenvalue weighted by Gasteiger charge is 2.22. The summed E-state index contributed by atoms with van der Waals surface area (Å²) in [5.74, 6) is -0.608. The van der Waals surface area contributed by atoms with Crippen LogP contribution in [0.4, 0.5) is 22.7 Å². The SMILES string of the molecule is CN(c1ccccc1)S(=O)(=O)c1cccc(NC(=O)c2ccc(NCc3ccccc3)c([N+](=O)[O-])c2)c1. The minimum atomic E-state index is -3.88. The second-order valence-corrected chi connectivity index (χ2v) is 10.1. The molecule has 0 aromatic heterocycles. The van der Waals surface area contributed by atoms with Gasteiger partial charge < -0.3 is 10.6 Å². The van der Waals surface area contributed by atoms with Gasteiger partial charge in [0.05, 0.1) is 15.5 Å². The lowest BCUT2D eigenvalue weighted by Crippen LogP contribution is -2.26. The van der Waals surface area contributed by atoms with Crippen molar-refractivity contribution in [3.05, 3.63) is 124 Å². The summed E-state index contributed by atoms with van der Waals surface area (Å²) in [5, 5.41) is 17.3. The van der Waals surface area contributed by atoms with Gasteiger partial charge in [-0.1, -0.05) is 54.6 Å². The van der Waals surface area contributed by atoms with Gasteiger partial charge in [-0.15, -0.1) is 0 Å². The Hall–Kier alpha value is -4.70. The summed E-state index contributed by atoms with van der Waals surface area (Å²) in [6.07, 6.45) is 0. The Morgan fingerprint density at radius 3 is 2.24 bits per heavy atom. The molecule has 0 fully saturated rings. The van der Waals surface area contributed by atoms with E-state index in [0.717, 1.165) is 9.87 Å². The second kappa shape index (κ2) is 10.9. The highest BCUT2D eigenvalue weighted by atomic mass is 32.2. The highest BCUT2D eigenvalue weighted by Crippen LogP contribution is 2.28. The summed E-state index contributed by atoms with van der Waals surface area (Å²) < 4.78 is 27.3. The monoisotopic (exact) mass is 516 g/mol. The van der Waals surface area contributed by atoms with E-state index >= 15 is 0 Å². The molecule has 37 heavy (non-hydrogen) atoms. The molecule has 0 aliphatic heterocycles. The van der Waals surface area contributed by atoms with Gasteiger partial charge in [-0.05, 0) is 48.0 Å². The molecule has 0 spiro atoms. The summed E-state index contributed by atoms with van der Waals surface area (Å²) in [4.78, 5) is 24.0. The largest absolute Gasteiger partial charge is 0.375 e. The average molecular weight is 517 g/mol. The van der Waals surface area contributed by atoms with Gasteiger partial charge in [0.25, 0.3) is 21.6 Å². The van der Waals surface area contributed by atoms with Crippen molar-refractivity contribution in [3.63, 3.8) is 0 Å². The molecule has 0 aliphatic carbocycles. The Bertz CT molecular complexity index is 1530. The minimum absolute atomic E-state index is 0.0110. The van der Waals surface area contributed by atoms with E-state index in [0.29, 0.717) is 12.2 Å². The maximum Gasteiger partial charge on any atom is 0.293 e. The van der Waals surface area contributed by atoms with Crippen LogP contribution in [0.1, 0.15) is 15.9 Å². The first-order valence-corrected chi connectivity index (χ1v) is 12.7. The zero-order valence-corrected chi connectivity index (χ0v) is 20.7. The predicted molar refractivity (Wildman–Crippen MR) is 143 cm³/mol. The van der Waals surface area contributed by atoms with Crippen molar-refractivity contribution in [2.75, 3.05) is 22.0 Å². The van der Waals surface area contributed by atoms with Gasteiger partial charge in [0.15, 0.2) is 0 Å². The zero-order valence-electron chi connectivity index (χ0n) is 19.9. The number of nitrogens with one attached hydrogen (secondary N) is 2. The average Bonchev–Trinajstić information content (AvgIpc) is 2.92. The molecule has 188 valence electrons. The Balaban J connectivity index is 1.52. The molecular weight excluding hydrogens is 492 g/mol. The van der Waals surface area contributed by atoms with E-state index in [4.69, 9.17) is 0 Å². The summed E-state index contributed by atoms with van der Waals surface area (Å²) in [6.45, 7) is 0.381. The number of carbonyl (C=O) groups excluding carboxylic acids is 1. The summed E-state index contributed by atoms with van der Waals surface area (Å²) in [6, 6.07) is 28.0. The quantitative estimate of drug-likeness (QED) is 0.230. The van der Waals surface area contributed by atoms with E-state index in [1.165, 1.54) is 43.4 Å². The third-order valence-corrected chi connectivity index (χ3v) is 7.43. The predicted octanol–water partition coefficient (Wildman–Crippen LogP) is 5.28. The molecule has 4 aromatic carbocycles. The number of benzene rings is 4. The fourth-order valence-electron chi connectivity index (χ4n) is 3.64. The number of para-hydroxylation sites is 1. The molecule has 4 aromatic rings. The van der Waals surface area contributed by atoms with Gasteiger partial charge >= 0.3 is 0 Å². The molecule has 2 N–H and O–H groups in total. The lowest BCUT2D eigenvalue weighted by atomic mass is 10.1. The van der Waals surface area contributed by atoms with Gasteiger partial charge in [-0.2, -0.15) is 0 Å². The zero-order chi connectivity index (χ0) is 26.4. The van der Waals surface area contributed by atoms with Crippen LogP contribution in [0.25, 0.3) is 0 Å². The number of carbonyl (C=O) groups is 1.